The molecule has 0 radical (unpaired) electrons. The summed E-state index contributed by atoms with van der Waals surface area (Å²) in [7, 11) is 2.81. The molecule has 0 fully saturated rings. The Labute approximate surface area is 214 Å². The molecule has 2 aromatic carbocycles. The third-order valence-corrected chi connectivity index (χ3v) is 7.08. The summed E-state index contributed by atoms with van der Waals surface area (Å²) in [5, 5.41) is 12.6. The summed E-state index contributed by atoms with van der Waals surface area (Å²) < 4.78 is 16.6. The summed E-state index contributed by atoms with van der Waals surface area (Å²) >= 11 is 6.41. The van der Waals surface area contributed by atoms with Crippen LogP contribution in [-0.2, 0) is 4.79 Å². The highest BCUT2D eigenvalue weighted by atomic mass is 35.5. The quantitative estimate of drug-likeness (QED) is 0.424. The number of allylic oxidation sites excluding steroid dienone is 1. The molecule has 0 bridgehead atoms. The van der Waals surface area contributed by atoms with E-state index >= 15 is 0 Å². The first-order chi connectivity index (χ1) is 17.6. The Morgan fingerprint density at radius 1 is 1.19 bits per heavy atom. The van der Waals surface area contributed by atoms with Gasteiger partial charge >= 0.3 is 5.97 Å². The molecule has 3 aromatic rings. The van der Waals surface area contributed by atoms with Gasteiger partial charge in [-0.3, -0.25) is 14.4 Å². The summed E-state index contributed by atoms with van der Waals surface area (Å²) in [4.78, 5) is 53.8. The van der Waals surface area contributed by atoms with Crippen molar-refractivity contribution in [2.45, 2.75) is 18.9 Å². The van der Waals surface area contributed by atoms with Crippen LogP contribution in [0.4, 0.5) is 5.69 Å². The average molecular weight is 525 g/mol. The number of nitrogens with one attached hydrogen (secondary N) is 2. The maximum atomic E-state index is 13.6. The van der Waals surface area contributed by atoms with Gasteiger partial charge in [0.2, 0.25) is 22.6 Å². The van der Waals surface area contributed by atoms with Gasteiger partial charge < -0.3 is 29.6 Å². The molecule has 1 aliphatic heterocycles. The van der Waals surface area contributed by atoms with Crippen molar-refractivity contribution in [1.29, 1.82) is 0 Å². The number of halogens is 1. The minimum atomic E-state index is -1.81. The number of rotatable bonds is 5. The largest absolute Gasteiger partial charge is 0.496 e. The molecule has 1 aromatic heterocycles. The van der Waals surface area contributed by atoms with Crippen molar-refractivity contribution in [3.05, 3.63) is 68.6 Å². The van der Waals surface area contributed by atoms with Crippen LogP contribution in [0.25, 0.3) is 10.9 Å². The minimum absolute atomic E-state index is 0.0378. The number of aromatic nitrogens is 1. The molecule has 1 spiro atoms. The number of carboxylic acid groups (broad SMARTS) is 1. The minimum Gasteiger partial charge on any atom is -0.496 e. The molecular formula is C26H21ClN2O8. The van der Waals surface area contributed by atoms with Gasteiger partial charge in [0, 0.05) is 46.5 Å². The van der Waals surface area contributed by atoms with Gasteiger partial charge in [0.25, 0.3) is 0 Å². The average Bonchev–Trinajstić information content (AvgIpc) is 3.18. The number of carboxylic acids is 1. The molecule has 2 heterocycles. The van der Waals surface area contributed by atoms with Crippen LogP contribution in [0.1, 0.15) is 34.1 Å². The molecule has 0 saturated carbocycles. The van der Waals surface area contributed by atoms with Crippen LogP contribution in [0.15, 0.2) is 47.0 Å². The summed E-state index contributed by atoms with van der Waals surface area (Å²) in [5.74, 6) is -2.58. The SMILES string of the molecule is COc1cc(OC)c2c(c1Cl)OC1(C(=O)C=C(Nc3ccc4[nH]cc(C(=O)O)c(=O)c4c3)CC1C)C2=O. The fourth-order valence-corrected chi connectivity index (χ4v) is 5.12. The van der Waals surface area contributed by atoms with E-state index in [0.29, 0.717) is 16.9 Å². The third kappa shape index (κ3) is 3.55. The Balaban J connectivity index is 1.50. The Kier molecular flexibility index (Phi) is 5.71. The normalized spacial score (nSPS) is 20.4. The van der Waals surface area contributed by atoms with Crippen LogP contribution in [0.5, 0.6) is 17.2 Å². The predicted octanol–water partition coefficient (Wildman–Crippen LogP) is 3.82. The van der Waals surface area contributed by atoms with E-state index in [1.165, 1.54) is 32.4 Å². The number of ether oxygens (including phenoxy) is 3. The summed E-state index contributed by atoms with van der Waals surface area (Å²) in [6, 6.07) is 6.29. The molecule has 11 heteroatoms. The van der Waals surface area contributed by atoms with Gasteiger partial charge in [0.05, 0.1) is 14.2 Å². The second kappa shape index (κ2) is 8.67. The van der Waals surface area contributed by atoms with E-state index < -0.39 is 34.5 Å². The number of benzene rings is 2. The molecular weight excluding hydrogens is 504 g/mol. The topological polar surface area (TPSA) is 144 Å². The number of pyridine rings is 1. The first-order valence-corrected chi connectivity index (χ1v) is 11.6. The summed E-state index contributed by atoms with van der Waals surface area (Å²) in [5.41, 5.74) is -1.31. The van der Waals surface area contributed by atoms with Gasteiger partial charge in [-0.1, -0.05) is 18.5 Å². The Bertz CT molecular complexity index is 1610. The van der Waals surface area contributed by atoms with E-state index in [2.05, 4.69) is 10.3 Å². The van der Waals surface area contributed by atoms with Gasteiger partial charge in [-0.25, -0.2) is 4.79 Å². The number of hydrogen-bond acceptors (Lipinski definition) is 8. The zero-order chi connectivity index (χ0) is 26.6. The molecule has 2 atom stereocenters. The van der Waals surface area contributed by atoms with Crippen LogP contribution >= 0.6 is 11.6 Å². The van der Waals surface area contributed by atoms with Crippen molar-refractivity contribution in [1.82, 2.24) is 4.98 Å². The second-order valence-electron chi connectivity index (χ2n) is 8.83. The molecule has 5 rings (SSSR count). The van der Waals surface area contributed by atoms with Gasteiger partial charge in [0.15, 0.2) is 5.75 Å². The highest BCUT2D eigenvalue weighted by Gasteiger charge is 2.60. The molecule has 3 N–H and O–H groups in total. The van der Waals surface area contributed by atoms with E-state index in [1.54, 1.807) is 19.1 Å². The zero-order valence-corrected chi connectivity index (χ0v) is 20.7. The first-order valence-electron chi connectivity index (χ1n) is 11.2. The summed E-state index contributed by atoms with van der Waals surface area (Å²) in [6.45, 7) is 1.72. The highest BCUT2D eigenvalue weighted by Crippen LogP contribution is 2.53. The fraction of sp³-hybridized carbons (Fsp3) is 0.231. The highest BCUT2D eigenvalue weighted by molar-refractivity contribution is 6.36. The number of H-pyrrole nitrogens is 1. The van der Waals surface area contributed by atoms with Gasteiger partial charge in [-0.2, -0.15) is 0 Å². The van der Waals surface area contributed by atoms with E-state index in [4.69, 9.17) is 25.8 Å². The summed E-state index contributed by atoms with van der Waals surface area (Å²) in [6.07, 6.45) is 2.70. The van der Waals surface area contributed by atoms with Crippen molar-refractivity contribution in [3.63, 3.8) is 0 Å². The van der Waals surface area contributed by atoms with Crippen LogP contribution in [-0.4, -0.2) is 47.4 Å². The number of ketones is 2. The van der Waals surface area contributed by atoms with Crippen molar-refractivity contribution in [2.75, 3.05) is 19.5 Å². The monoisotopic (exact) mass is 524 g/mol. The number of aromatic carboxylic acids is 1. The van der Waals surface area contributed by atoms with Crippen LogP contribution in [0.3, 0.4) is 0 Å². The number of methoxy groups -OCH3 is 2. The van der Waals surface area contributed by atoms with E-state index in [-0.39, 0.29) is 45.2 Å². The van der Waals surface area contributed by atoms with Gasteiger partial charge in [0.1, 0.15) is 27.6 Å². The van der Waals surface area contributed by atoms with Crippen molar-refractivity contribution in [2.24, 2.45) is 5.92 Å². The van der Waals surface area contributed by atoms with E-state index in [0.717, 1.165) is 6.20 Å². The molecule has 2 aliphatic rings. The predicted molar refractivity (Wildman–Crippen MR) is 134 cm³/mol. The smallest absolute Gasteiger partial charge is 0.341 e. The molecule has 190 valence electrons. The molecule has 37 heavy (non-hydrogen) atoms. The Morgan fingerprint density at radius 2 is 1.92 bits per heavy atom. The van der Waals surface area contributed by atoms with Crippen molar-refractivity contribution in [3.8, 4) is 17.2 Å². The molecule has 1 aliphatic carbocycles. The number of fused-ring (bicyclic) bond motifs is 2. The molecule has 2 unspecified atom stereocenters. The van der Waals surface area contributed by atoms with E-state index in [1.807, 2.05) is 0 Å². The molecule has 0 saturated heterocycles. The third-order valence-electron chi connectivity index (χ3n) is 6.73. The number of carbonyl (C=O) groups is 3. The molecule has 10 nitrogen and oxygen atoms in total. The number of Topliss-reactive ketones (excluding diaryl/α,β-unsaturated/α-hetero) is 1. The number of carbonyl (C=O) groups excluding carboxylic acids is 2. The number of hydrogen-bond donors (Lipinski definition) is 3. The van der Waals surface area contributed by atoms with Crippen molar-refractivity contribution < 1.29 is 33.7 Å². The number of anilines is 1. The zero-order valence-electron chi connectivity index (χ0n) is 19.9. The van der Waals surface area contributed by atoms with Gasteiger partial charge in [-0.05, 0) is 24.6 Å². The Morgan fingerprint density at radius 3 is 2.57 bits per heavy atom. The molecule has 0 amide bonds. The van der Waals surface area contributed by atoms with Crippen LogP contribution in [0.2, 0.25) is 5.02 Å². The van der Waals surface area contributed by atoms with Crippen molar-refractivity contribution >= 4 is 45.7 Å². The fourth-order valence-electron chi connectivity index (χ4n) is 4.86. The lowest BCUT2D eigenvalue weighted by molar-refractivity contribution is -0.129. The lowest BCUT2D eigenvalue weighted by atomic mass is 9.74. The second-order valence-corrected chi connectivity index (χ2v) is 9.20. The first kappa shape index (κ1) is 24.4. The maximum Gasteiger partial charge on any atom is 0.341 e. The van der Waals surface area contributed by atoms with Gasteiger partial charge in [-0.15, -0.1) is 0 Å². The maximum absolute atomic E-state index is 13.6. The van der Waals surface area contributed by atoms with Crippen LogP contribution < -0.4 is 25.0 Å². The number of aromatic amines is 1. The lowest BCUT2D eigenvalue weighted by Gasteiger charge is -2.35. The standard InChI is InChI=1S/C26H21ClN2O8/c1-11-6-13(29-12-4-5-16-14(7-12)22(31)15(10-28-16)25(33)34)8-19(30)26(11)24(32)20-17(35-2)9-18(36-3)21(27)23(20)37-26/h4-5,7-11,29H,6H2,1-3H3,(H,28,31)(H,33,34). The van der Waals surface area contributed by atoms with Crippen LogP contribution in [0, 0.1) is 5.92 Å². The lowest BCUT2D eigenvalue weighted by Crippen LogP contribution is -2.55. The Hall–Kier alpha value is -4.31. The van der Waals surface area contributed by atoms with E-state index in [9.17, 15) is 24.3 Å².